The standard InChI is InChI=1S/C17H25N5O4S/c23-16-14(4-3-7-19-16)17(24)20-8-13-27(25,26)22-11-9-21(10-12-22)15-5-1-2-6-18-15/h1-2,5-6,14H,3-4,7-13H2,(H,19,23)(H,20,24). The lowest BCUT2D eigenvalue weighted by atomic mass is 9.98. The van der Waals surface area contributed by atoms with Crippen LogP contribution in [0.2, 0.25) is 0 Å². The topological polar surface area (TPSA) is 112 Å². The highest BCUT2D eigenvalue weighted by Crippen LogP contribution is 2.15. The number of nitrogens with one attached hydrogen (secondary N) is 2. The summed E-state index contributed by atoms with van der Waals surface area (Å²) in [6.45, 7) is 2.51. The molecule has 9 nitrogen and oxygen atoms in total. The predicted molar refractivity (Wildman–Crippen MR) is 101 cm³/mol. The summed E-state index contributed by atoms with van der Waals surface area (Å²) in [6, 6.07) is 5.65. The van der Waals surface area contributed by atoms with Crippen molar-refractivity contribution in [2.24, 2.45) is 5.92 Å². The third-order valence-corrected chi connectivity index (χ3v) is 6.74. The molecule has 3 heterocycles. The first-order valence-corrected chi connectivity index (χ1v) is 10.8. The SMILES string of the molecule is O=C1NCCCC1C(=O)NCCS(=O)(=O)N1CCN(c2ccccn2)CC1. The van der Waals surface area contributed by atoms with Crippen LogP contribution in [-0.2, 0) is 19.6 Å². The molecule has 0 saturated carbocycles. The van der Waals surface area contributed by atoms with E-state index in [9.17, 15) is 18.0 Å². The highest BCUT2D eigenvalue weighted by molar-refractivity contribution is 7.89. The lowest BCUT2D eigenvalue weighted by Crippen LogP contribution is -2.51. The number of aromatic nitrogens is 1. The van der Waals surface area contributed by atoms with Crippen molar-refractivity contribution in [3.63, 3.8) is 0 Å². The molecule has 1 aromatic heterocycles. The average molecular weight is 395 g/mol. The van der Waals surface area contributed by atoms with Crippen LogP contribution < -0.4 is 15.5 Å². The number of carbonyl (C=O) groups is 2. The van der Waals surface area contributed by atoms with E-state index in [1.807, 2.05) is 18.2 Å². The highest BCUT2D eigenvalue weighted by Gasteiger charge is 2.30. The largest absolute Gasteiger partial charge is 0.355 e. The van der Waals surface area contributed by atoms with E-state index < -0.39 is 21.8 Å². The fraction of sp³-hybridized carbons (Fsp3) is 0.588. The van der Waals surface area contributed by atoms with E-state index in [1.165, 1.54) is 4.31 Å². The van der Waals surface area contributed by atoms with Crippen molar-refractivity contribution in [3.05, 3.63) is 24.4 Å². The molecule has 1 unspecified atom stereocenters. The minimum absolute atomic E-state index is 0.00536. The molecule has 1 aromatic rings. The Hall–Kier alpha value is -2.20. The summed E-state index contributed by atoms with van der Waals surface area (Å²) >= 11 is 0. The Labute approximate surface area is 159 Å². The molecular weight excluding hydrogens is 370 g/mol. The van der Waals surface area contributed by atoms with Crippen molar-refractivity contribution in [2.75, 3.05) is 49.9 Å². The molecule has 0 bridgehead atoms. The van der Waals surface area contributed by atoms with Crippen LogP contribution >= 0.6 is 0 Å². The lowest BCUT2D eigenvalue weighted by molar-refractivity contribution is -0.136. The monoisotopic (exact) mass is 395 g/mol. The van der Waals surface area contributed by atoms with Crippen molar-refractivity contribution in [3.8, 4) is 0 Å². The second-order valence-electron chi connectivity index (χ2n) is 6.67. The van der Waals surface area contributed by atoms with Gasteiger partial charge in [0.1, 0.15) is 11.7 Å². The number of pyridine rings is 1. The maximum atomic E-state index is 12.5. The van der Waals surface area contributed by atoms with E-state index in [4.69, 9.17) is 0 Å². The normalized spacial score (nSPS) is 21.6. The third-order valence-electron chi connectivity index (χ3n) is 4.87. The zero-order valence-electron chi connectivity index (χ0n) is 15.1. The molecule has 0 aromatic carbocycles. The maximum absolute atomic E-state index is 12.5. The molecular formula is C17H25N5O4S. The van der Waals surface area contributed by atoms with Gasteiger partial charge in [0, 0.05) is 45.5 Å². The van der Waals surface area contributed by atoms with Crippen molar-refractivity contribution in [1.82, 2.24) is 19.9 Å². The van der Waals surface area contributed by atoms with Crippen molar-refractivity contribution in [1.29, 1.82) is 0 Å². The summed E-state index contributed by atoms with van der Waals surface area (Å²) in [6.07, 6.45) is 2.97. The van der Waals surface area contributed by atoms with E-state index in [2.05, 4.69) is 20.5 Å². The van der Waals surface area contributed by atoms with Gasteiger partial charge in [0.05, 0.1) is 5.75 Å². The number of piperazine rings is 1. The predicted octanol–water partition coefficient (Wildman–Crippen LogP) is -0.824. The van der Waals surface area contributed by atoms with Gasteiger partial charge in [-0.05, 0) is 25.0 Å². The van der Waals surface area contributed by atoms with Gasteiger partial charge in [-0.2, -0.15) is 4.31 Å². The number of rotatable bonds is 6. The molecule has 2 saturated heterocycles. The molecule has 2 N–H and O–H groups in total. The highest BCUT2D eigenvalue weighted by atomic mass is 32.2. The smallest absolute Gasteiger partial charge is 0.232 e. The Kier molecular flexibility index (Phi) is 6.27. The van der Waals surface area contributed by atoms with Gasteiger partial charge in [-0.15, -0.1) is 0 Å². The summed E-state index contributed by atoms with van der Waals surface area (Å²) < 4.78 is 26.5. The van der Waals surface area contributed by atoms with Gasteiger partial charge >= 0.3 is 0 Å². The Balaban J connectivity index is 1.45. The van der Waals surface area contributed by atoms with E-state index in [0.29, 0.717) is 39.1 Å². The summed E-state index contributed by atoms with van der Waals surface area (Å²) in [4.78, 5) is 30.1. The van der Waals surface area contributed by atoms with Crippen LogP contribution in [0.4, 0.5) is 5.82 Å². The number of piperidine rings is 1. The summed E-state index contributed by atoms with van der Waals surface area (Å²) in [7, 11) is -3.46. The number of anilines is 1. The van der Waals surface area contributed by atoms with Crippen LogP contribution in [0.15, 0.2) is 24.4 Å². The Morgan fingerprint density at radius 1 is 1.26 bits per heavy atom. The van der Waals surface area contributed by atoms with Gasteiger partial charge in [0.2, 0.25) is 21.8 Å². The summed E-state index contributed by atoms with van der Waals surface area (Å²) in [5.41, 5.74) is 0. The lowest BCUT2D eigenvalue weighted by Gasteiger charge is -2.34. The molecule has 27 heavy (non-hydrogen) atoms. The Morgan fingerprint density at radius 2 is 2.04 bits per heavy atom. The van der Waals surface area contributed by atoms with Crippen LogP contribution in [0, 0.1) is 5.92 Å². The van der Waals surface area contributed by atoms with Gasteiger partial charge in [-0.1, -0.05) is 6.07 Å². The summed E-state index contributed by atoms with van der Waals surface area (Å²) in [5.74, 6) is -0.734. The number of hydrogen-bond acceptors (Lipinski definition) is 6. The van der Waals surface area contributed by atoms with Crippen LogP contribution in [-0.4, -0.2) is 74.5 Å². The van der Waals surface area contributed by atoms with E-state index >= 15 is 0 Å². The number of sulfonamides is 1. The van der Waals surface area contributed by atoms with Crippen LogP contribution in [0.25, 0.3) is 0 Å². The van der Waals surface area contributed by atoms with Crippen LogP contribution in [0.1, 0.15) is 12.8 Å². The minimum Gasteiger partial charge on any atom is -0.355 e. The zero-order valence-corrected chi connectivity index (χ0v) is 16.0. The number of amides is 2. The molecule has 0 radical (unpaired) electrons. The zero-order chi connectivity index (χ0) is 19.3. The molecule has 1 atom stereocenters. The summed E-state index contributed by atoms with van der Waals surface area (Å²) in [5, 5.41) is 5.24. The number of carbonyl (C=O) groups excluding carboxylic acids is 2. The van der Waals surface area contributed by atoms with Crippen molar-refractivity contribution in [2.45, 2.75) is 12.8 Å². The second-order valence-corrected chi connectivity index (χ2v) is 8.76. The Morgan fingerprint density at radius 3 is 2.70 bits per heavy atom. The van der Waals surface area contributed by atoms with Crippen molar-refractivity contribution >= 4 is 27.7 Å². The molecule has 0 aliphatic carbocycles. The van der Waals surface area contributed by atoms with E-state index in [0.717, 1.165) is 12.2 Å². The molecule has 148 valence electrons. The first kappa shape index (κ1) is 19.6. The van der Waals surface area contributed by atoms with Gasteiger partial charge in [0.25, 0.3) is 0 Å². The van der Waals surface area contributed by atoms with Crippen molar-refractivity contribution < 1.29 is 18.0 Å². The first-order chi connectivity index (χ1) is 13.0. The molecule has 2 aliphatic rings. The van der Waals surface area contributed by atoms with Gasteiger partial charge in [0.15, 0.2) is 0 Å². The fourth-order valence-electron chi connectivity index (χ4n) is 3.31. The fourth-order valence-corrected chi connectivity index (χ4v) is 4.65. The van der Waals surface area contributed by atoms with Gasteiger partial charge < -0.3 is 15.5 Å². The second kappa shape index (κ2) is 8.66. The van der Waals surface area contributed by atoms with Crippen LogP contribution in [0.5, 0.6) is 0 Å². The molecule has 2 fully saturated rings. The quantitative estimate of drug-likeness (QED) is 0.609. The average Bonchev–Trinajstić information content (AvgIpc) is 2.69. The molecule has 2 aliphatic heterocycles. The number of hydrogen-bond donors (Lipinski definition) is 2. The minimum atomic E-state index is -3.46. The maximum Gasteiger partial charge on any atom is 0.232 e. The van der Waals surface area contributed by atoms with Gasteiger partial charge in [-0.25, -0.2) is 13.4 Å². The third kappa shape index (κ3) is 4.95. The first-order valence-electron chi connectivity index (χ1n) is 9.16. The number of nitrogens with zero attached hydrogens (tertiary/aromatic N) is 3. The van der Waals surface area contributed by atoms with Crippen LogP contribution in [0.3, 0.4) is 0 Å². The molecule has 10 heteroatoms. The Bertz CT molecular complexity index is 763. The van der Waals surface area contributed by atoms with E-state index in [-0.39, 0.29) is 18.2 Å². The molecule has 2 amide bonds. The van der Waals surface area contributed by atoms with Gasteiger partial charge in [-0.3, -0.25) is 9.59 Å². The molecule has 3 rings (SSSR count). The van der Waals surface area contributed by atoms with E-state index in [1.54, 1.807) is 6.20 Å². The molecule has 0 spiro atoms.